The Morgan fingerprint density at radius 3 is 2.84 bits per heavy atom. The van der Waals surface area contributed by atoms with Gasteiger partial charge in [0.2, 0.25) is 5.91 Å². The first-order valence-electron chi connectivity index (χ1n) is 7.36. The summed E-state index contributed by atoms with van der Waals surface area (Å²) in [5.74, 6) is 0.276. The van der Waals surface area contributed by atoms with E-state index in [4.69, 9.17) is 0 Å². The van der Waals surface area contributed by atoms with Crippen LogP contribution in [-0.4, -0.2) is 30.4 Å². The molecule has 1 aliphatic heterocycles. The summed E-state index contributed by atoms with van der Waals surface area (Å²) >= 11 is 0. The highest BCUT2D eigenvalue weighted by atomic mass is 16.2. The van der Waals surface area contributed by atoms with Gasteiger partial charge < -0.3 is 10.2 Å². The molecule has 0 bridgehead atoms. The van der Waals surface area contributed by atoms with Crippen LogP contribution in [0.1, 0.15) is 37.3 Å². The molecule has 1 aromatic rings. The van der Waals surface area contributed by atoms with Crippen molar-refractivity contribution in [1.82, 2.24) is 10.2 Å². The number of carbonyl (C=O) groups is 1. The summed E-state index contributed by atoms with van der Waals surface area (Å²) in [5, 5.41) is 3.33. The molecule has 19 heavy (non-hydrogen) atoms. The second-order valence-corrected chi connectivity index (χ2v) is 5.19. The average Bonchev–Trinajstić information content (AvgIpc) is 2.46. The molecule has 1 aromatic carbocycles. The second-order valence-electron chi connectivity index (χ2n) is 5.19. The Balaban J connectivity index is 1.76. The molecule has 0 saturated carbocycles. The Morgan fingerprint density at radius 2 is 2.05 bits per heavy atom. The summed E-state index contributed by atoms with van der Waals surface area (Å²) in [6, 6.07) is 8.44. The number of amides is 1. The van der Waals surface area contributed by atoms with Crippen LogP contribution in [0, 0.1) is 0 Å². The SMILES string of the molecule is CCCCNCCC(=O)N1CCc2ccccc2C1. The van der Waals surface area contributed by atoms with E-state index in [0.717, 1.165) is 32.6 Å². The molecular formula is C16H24N2O. The number of hydrogen-bond donors (Lipinski definition) is 1. The highest BCUT2D eigenvalue weighted by molar-refractivity contribution is 5.76. The largest absolute Gasteiger partial charge is 0.338 e. The molecule has 0 atom stereocenters. The van der Waals surface area contributed by atoms with Crippen LogP contribution in [0.5, 0.6) is 0 Å². The molecule has 1 heterocycles. The first-order valence-corrected chi connectivity index (χ1v) is 7.36. The summed E-state index contributed by atoms with van der Waals surface area (Å²) in [6.45, 7) is 5.65. The maximum absolute atomic E-state index is 12.1. The number of rotatable bonds is 6. The fourth-order valence-electron chi connectivity index (χ4n) is 2.49. The summed E-state index contributed by atoms with van der Waals surface area (Å²) in [5.41, 5.74) is 2.70. The Bertz CT molecular complexity index is 417. The predicted molar refractivity (Wildman–Crippen MR) is 78.0 cm³/mol. The van der Waals surface area contributed by atoms with E-state index in [1.165, 1.54) is 24.0 Å². The lowest BCUT2D eigenvalue weighted by Gasteiger charge is -2.29. The third-order valence-corrected chi connectivity index (χ3v) is 3.71. The Morgan fingerprint density at radius 1 is 1.26 bits per heavy atom. The minimum Gasteiger partial charge on any atom is -0.338 e. The van der Waals surface area contributed by atoms with Crippen LogP contribution in [0.3, 0.4) is 0 Å². The van der Waals surface area contributed by atoms with Crippen molar-refractivity contribution >= 4 is 5.91 Å². The third-order valence-electron chi connectivity index (χ3n) is 3.71. The number of unbranched alkanes of at least 4 members (excludes halogenated alkanes) is 1. The van der Waals surface area contributed by atoms with Gasteiger partial charge in [-0.25, -0.2) is 0 Å². The molecule has 1 N–H and O–H groups in total. The van der Waals surface area contributed by atoms with Gasteiger partial charge in [0, 0.05) is 26.1 Å². The smallest absolute Gasteiger partial charge is 0.224 e. The highest BCUT2D eigenvalue weighted by Gasteiger charge is 2.19. The van der Waals surface area contributed by atoms with E-state index in [0.29, 0.717) is 6.42 Å². The van der Waals surface area contributed by atoms with Gasteiger partial charge in [0.05, 0.1) is 0 Å². The number of benzene rings is 1. The highest BCUT2D eigenvalue weighted by Crippen LogP contribution is 2.18. The zero-order valence-corrected chi connectivity index (χ0v) is 11.8. The van der Waals surface area contributed by atoms with Crippen LogP contribution < -0.4 is 5.32 Å². The molecule has 2 rings (SSSR count). The van der Waals surface area contributed by atoms with Crippen molar-refractivity contribution < 1.29 is 4.79 Å². The van der Waals surface area contributed by atoms with Crippen molar-refractivity contribution in [2.75, 3.05) is 19.6 Å². The number of carbonyl (C=O) groups excluding carboxylic acids is 1. The standard InChI is InChI=1S/C16H24N2O/c1-2-3-10-17-11-8-16(19)18-12-9-14-6-4-5-7-15(14)13-18/h4-7,17H,2-3,8-13H2,1H3. The summed E-state index contributed by atoms with van der Waals surface area (Å²) < 4.78 is 0. The Kier molecular flexibility index (Phi) is 5.40. The second kappa shape index (κ2) is 7.29. The van der Waals surface area contributed by atoms with Gasteiger partial charge in [0.25, 0.3) is 0 Å². The van der Waals surface area contributed by atoms with E-state index in [1.54, 1.807) is 0 Å². The van der Waals surface area contributed by atoms with E-state index in [2.05, 4.69) is 36.5 Å². The van der Waals surface area contributed by atoms with Crippen LogP contribution in [0.4, 0.5) is 0 Å². The summed E-state index contributed by atoms with van der Waals surface area (Å²) in [4.78, 5) is 14.1. The molecule has 3 heteroatoms. The molecule has 0 saturated heterocycles. The van der Waals surface area contributed by atoms with Gasteiger partial charge in [-0.3, -0.25) is 4.79 Å². The normalized spacial score (nSPS) is 14.3. The first-order chi connectivity index (χ1) is 9.31. The number of hydrogen-bond acceptors (Lipinski definition) is 2. The van der Waals surface area contributed by atoms with Gasteiger partial charge in [-0.2, -0.15) is 0 Å². The van der Waals surface area contributed by atoms with Crippen molar-refractivity contribution in [3.8, 4) is 0 Å². The topological polar surface area (TPSA) is 32.3 Å². The lowest BCUT2D eigenvalue weighted by Crippen LogP contribution is -2.37. The molecule has 1 aliphatic rings. The fourth-order valence-corrected chi connectivity index (χ4v) is 2.49. The molecule has 1 amide bonds. The summed E-state index contributed by atoms with van der Waals surface area (Å²) in [6.07, 6.45) is 3.99. The van der Waals surface area contributed by atoms with Crippen LogP contribution in [0.25, 0.3) is 0 Å². The van der Waals surface area contributed by atoms with Gasteiger partial charge in [-0.05, 0) is 30.5 Å². The first kappa shape index (κ1) is 14.1. The fraction of sp³-hybridized carbons (Fsp3) is 0.562. The molecule has 3 nitrogen and oxygen atoms in total. The van der Waals surface area contributed by atoms with Gasteiger partial charge in [0.15, 0.2) is 0 Å². The number of fused-ring (bicyclic) bond motifs is 1. The molecule has 0 aromatic heterocycles. The summed E-state index contributed by atoms with van der Waals surface area (Å²) in [7, 11) is 0. The van der Waals surface area contributed by atoms with Crippen LogP contribution >= 0.6 is 0 Å². The minimum atomic E-state index is 0.276. The molecular weight excluding hydrogens is 236 g/mol. The average molecular weight is 260 g/mol. The molecule has 0 fully saturated rings. The van der Waals surface area contributed by atoms with Crippen molar-refractivity contribution in [3.63, 3.8) is 0 Å². The molecule has 104 valence electrons. The molecule has 0 unspecified atom stereocenters. The van der Waals surface area contributed by atoms with Crippen LogP contribution in [0.2, 0.25) is 0 Å². The van der Waals surface area contributed by atoms with E-state index >= 15 is 0 Å². The maximum atomic E-state index is 12.1. The van der Waals surface area contributed by atoms with Crippen molar-refractivity contribution in [2.45, 2.75) is 39.2 Å². The van der Waals surface area contributed by atoms with E-state index in [9.17, 15) is 4.79 Å². The predicted octanol–water partition coefficient (Wildman–Crippen LogP) is 2.35. The number of nitrogens with zero attached hydrogens (tertiary/aromatic N) is 1. The van der Waals surface area contributed by atoms with Gasteiger partial charge in [-0.1, -0.05) is 37.6 Å². The molecule has 0 radical (unpaired) electrons. The van der Waals surface area contributed by atoms with E-state index < -0.39 is 0 Å². The van der Waals surface area contributed by atoms with Gasteiger partial charge in [0.1, 0.15) is 0 Å². The Hall–Kier alpha value is -1.35. The monoisotopic (exact) mass is 260 g/mol. The van der Waals surface area contributed by atoms with E-state index in [-0.39, 0.29) is 5.91 Å². The van der Waals surface area contributed by atoms with Gasteiger partial charge >= 0.3 is 0 Å². The Labute approximate surface area is 116 Å². The molecule has 0 spiro atoms. The zero-order chi connectivity index (χ0) is 13.5. The van der Waals surface area contributed by atoms with E-state index in [1.807, 2.05) is 4.90 Å². The zero-order valence-electron chi connectivity index (χ0n) is 11.8. The maximum Gasteiger partial charge on any atom is 0.224 e. The van der Waals surface area contributed by atoms with Crippen LogP contribution in [-0.2, 0) is 17.8 Å². The lowest BCUT2D eigenvalue weighted by molar-refractivity contribution is -0.132. The third kappa shape index (κ3) is 4.06. The quantitative estimate of drug-likeness (QED) is 0.796. The molecule has 0 aliphatic carbocycles. The van der Waals surface area contributed by atoms with Crippen molar-refractivity contribution in [3.05, 3.63) is 35.4 Å². The minimum absolute atomic E-state index is 0.276. The number of nitrogens with one attached hydrogen (secondary N) is 1. The van der Waals surface area contributed by atoms with Gasteiger partial charge in [-0.15, -0.1) is 0 Å². The lowest BCUT2D eigenvalue weighted by atomic mass is 10.00. The van der Waals surface area contributed by atoms with Crippen molar-refractivity contribution in [2.24, 2.45) is 0 Å². The van der Waals surface area contributed by atoms with Crippen molar-refractivity contribution in [1.29, 1.82) is 0 Å². The van der Waals surface area contributed by atoms with Crippen LogP contribution in [0.15, 0.2) is 24.3 Å².